The molecule has 0 aromatic carbocycles. The molecule has 19 heavy (non-hydrogen) atoms. The second-order valence-corrected chi connectivity index (χ2v) is 7.53. The summed E-state index contributed by atoms with van der Waals surface area (Å²) < 4.78 is 0. The Bertz CT molecular complexity index is 393. The van der Waals surface area contributed by atoms with Crippen molar-refractivity contribution >= 4 is 16.5 Å². The largest absolute Gasteiger partial charge is 0.348 e. The van der Waals surface area contributed by atoms with Gasteiger partial charge in [0.2, 0.25) is 0 Å². The molecule has 3 rings (SSSR count). The molecule has 4 heteroatoms. The van der Waals surface area contributed by atoms with Crippen LogP contribution in [0.4, 0.5) is 5.13 Å². The Labute approximate surface area is 120 Å². The van der Waals surface area contributed by atoms with E-state index in [-0.39, 0.29) is 0 Å². The molecule has 0 amide bonds. The van der Waals surface area contributed by atoms with Crippen LogP contribution in [0, 0.1) is 11.8 Å². The van der Waals surface area contributed by atoms with Gasteiger partial charge in [-0.15, -0.1) is 11.3 Å². The van der Waals surface area contributed by atoms with Crippen LogP contribution in [-0.2, 0) is 6.54 Å². The highest BCUT2D eigenvalue weighted by atomic mass is 32.1. The van der Waals surface area contributed by atoms with Gasteiger partial charge >= 0.3 is 0 Å². The molecular weight excluding hydrogens is 254 g/mol. The summed E-state index contributed by atoms with van der Waals surface area (Å²) in [6.07, 6.45) is 7.76. The zero-order valence-electron chi connectivity index (χ0n) is 12.1. The van der Waals surface area contributed by atoms with E-state index in [9.17, 15) is 0 Å². The van der Waals surface area contributed by atoms with Crippen LogP contribution in [0.15, 0.2) is 6.20 Å². The van der Waals surface area contributed by atoms with Crippen molar-refractivity contribution < 1.29 is 0 Å². The molecule has 0 saturated heterocycles. The second kappa shape index (κ2) is 5.80. The van der Waals surface area contributed by atoms with E-state index >= 15 is 0 Å². The molecule has 1 N–H and O–H groups in total. The lowest BCUT2D eigenvalue weighted by molar-refractivity contribution is 0.593. The van der Waals surface area contributed by atoms with Gasteiger partial charge < -0.3 is 10.2 Å². The summed E-state index contributed by atoms with van der Waals surface area (Å²) in [7, 11) is 0. The molecule has 0 atom stereocenters. The number of nitrogens with zero attached hydrogens (tertiary/aromatic N) is 2. The summed E-state index contributed by atoms with van der Waals surface area (Å²) in [6.45, 7) is 7.81. The van der Waals surface area contributed by atoms with Crippen molar-refractivity contribution in [2.75, 3.05) is 18.0 Å². The summed E-state index contributed by atoms with van der Waals surface area (Å²) in [4.78, 5) is 8.58. The summed E-state index contributed by atoms with van der Waals surface area (Å²) >= 11 is 1.87. The van der Waals surface area contributed by atoms with Crippen molar-refractivity contribution in [1.82, 2.24) is 10.3 Å². The van der Waals surface area contributed by atoms with E-state index in [1.807, 2.05) is 11.3 Å². The topological polar surface area (TPSA) is 28.2 Å². The number of rotatable bonds is 8. The molecule has 0 aliphatic heterocycles. The third-order valence-electron chi connectivity index (χ3n) is 3.85. The molecule has 0 unspecified atom stereocenters. The van der Waals surface area contributed by atoms with Crippen molar-refractivity contribution in [3.63, 3.8) is 0 Å². The Morgan fingerprint density at radius 1 is 1.26 bits per heavy atom. The Morgan fingerprint density at radius 3 is 2.42 bits per heavy atom. The van der Waals surface area contributed by atoms with Gasteiger partial charge in [-0.05, 0) is 37.5 Å². The number of hydrogen-bond donors (Lipinski definition) is 1. The fourth-order valence-corrected chi connectivity index (χ4v) is 3.16. The van der Waals surface area contributed by atoms with E-state index in [0.29, 0.717) is 6.04 Å². The first-order chi connectivity index (χ1) is 9.20. The highest BCUT2D eigenvalue weighted by Gasteiger charge is 2.30. The van der Waals surface area contributed by atoms with E-state index in [0.717, 1.165) is 18.4 Å². The molecule has 2 aliphatic rings. The molecular formula is C15H25N3S. The van der Waals surface area contributed by atoms with E-state index in [1.165, 1.54) is 48.8 Å². The number of aromatic nitrogens is 1. The molecule has 1 aromatic rings. The van der Waals surface area contributed by atoms with E-state index in [4.69, 9.17) is 0 Å². The van der Waals surface area contributed by atoms with Gasteiger partial charge in [-0.3, -0.25) is 0 Å². The minimum Gasteiger partial charge on any atom is -0.348 e. The van der Waals surface area contributed by atoms with Gasteiger partial charge in [0.25, 0.3) is 0 Å². The Kier molecular flexibility index (Phi) is 4.08. The average Bonchev–Trinajstić information content (AvgIpc) is 3.29. The molecule has 2 aliphatic carbocycles. The van der Waals surface area contributed by atoms with Crippen LogP contribution in [0.2, 0.25) is 0 Å². The Balaban J connectivity index is 1.59. The van der Waals surface area contributed by atoms with Gasteiger partial charge in [-0.1, -0.05) is 13.8 Å². The van der Waals surface area contributed by atoms with Crippen molar-refractivity contribution in [2.45, 2.75) is 52.1 Å². The maximum absolute atomic E-state index is 4.66. The third-order valence-corrected chi connectivity index (χ3v) is 4.91. The van der Waals surface area contributed by atoms with Gasteiger partial charge in [-0.2, -0.15) is 0 Å². The van der Waals surface area contributed by atoms with E-state index < -0.39 is 0 Å². The van der Waals surface area contributed by atoms with Crippen LogP contribution in [0.1, 0.15) is 44.4 Å². The zero-order valence-corrected chi connectivity index (χ0v) is 12.9. The average molecular weight is 279 g/mol. The molecule has 2 saturated carbocycles. The third kappa shape index (κ3) is 4.18. The molecule has 2 fully saturated rings. The minimum absolute atomic E-state index is 0.541. The fourth-order valence-electron chi connectivity index (χ4n) is 2.28. The maximum Gasteiger partial charge on any atom is 0.185 e. The Hall–Kier alpha value is -0.610. The van der Waals surface area contributed by atoms with Crippen LogP contribution in [0.3, 0.4) is 0 Å². The van der Waals surface area contributed by atoms with Gasteiger partial charge in [0.1, 0.15) is 0 Å². The first-order valence-corrected chi connectivity index (χ1v) is 8.45. The molecule has 0 spiro atoms. The summed E-state index contributed by atoms with van der Waals surface area (Å²) in [5, 5.41) is 4.72. The van der Waals surface area contributed by atoms with Crippen LogP contribution in [-0.4, -0.2) is 24.1 Å². The van der Waals surface area contributed by atoms with Crippen molar-refractivity contribution in [3.8, 4) is 0 Å². The predicted molar refractivity (Wildman–Crippen MR) is 81.8 cm³/mol. The lowest BCUT2D eigenvalue weighted by atomic mass is 10.3. The van der Waals surface area contributed by atoms with Gasteiger partial charge in [-0.25, -0.2) is 4.98 Å². The first kappa shape index (κ1) is 13.4. The monoisotopic (exact) mass is 279 g/mol. The molecule has 106 valence electrons. The summed E-state index contributed by atoms with van der Waals surface area (Å²) in [5.41, 5.74) is 0. The highest BCUT2D eigenvalue weighted by Crippen LogP contribution is 2.36. The first-order valence-electron chi connectivity index (χ1n) is 7.63. The fraction of sp³-hybridized carbons (Fsp3) is 0.800. The second-order valence-electron chi connectivity index (χ2n) is 6.44. The molecule has 0 bridgehead atoms. The molecule has 1 aromatic heterocycles. The number of nitrogens with one attached hydrogen (secondary N) is 1. The van der Waals surface area contributed by atoms with Crippen molar-refractivity contribution in [3.05, 3.63) is 11.1 Å². The van der Waals surface area contributed by atoms with Crippen LogP contribution in [0.5, 0.6) is 0 Å². The van der Waals surface area contributed by atoms with Crippen LogP contribution < -0.4 is 10.2 Å². The lowest BCUT2D eigenvalue weighted by Crippen LogP contribution is -2.27. The number of hydrogen-bond acceptors (Lipinski definition) is 4. The zero-order chi connectivity index (χ0) is 13.2. The summed E-state index contributed by atoms with van der Waals surface area (Å²) in [5.74, 6) is 1.89. The molecule has 0 radical (unpaired) electrons. The van der Waals surface area contributed by atoms with Crippen molar-refractivity contribution in [2.24, 2.45) is 11.8 Å². The number of thiazole rings is 1. The standard InChI is InChI=1S/C15H25N3S/c1-11(2)16-7-14-8-17-15(19-14)18(9-12-3-4-12)10-13-5-6-13/h8,11-13,16H,3-7,9-10H2,1-2H3. The predicted octanol–water partition coefficient (Wildman–Crippen LogP) is 3.27. The van der Waals surface area contributed by atoms with E-state index in [2.05, 4.69) is 35.2 Å². The molecule has 1 heterocycles. The highest BCUT2D eigenvalue weighted by molar-refractivity contribution is 7.15. The smallest absolute Gasteiger partial charge is 0.185 e. The van der Waals surface area contributed by atoms with Crippen LogP contribution >= 0.6 is 11.3 Å². The molecule has 3 nitrogen and oxygen atoms in total. The van der Waals surface area contributed by atoms with Crippen LogP contribution in [0.25, 0.3) is 0 Å². The normalized spacial score (nSPS) is 19.1. The Morgan fingerprint density at radius 2 is 1.89 bits per heavy atom. The van der Waals surface area contributed by atoms with Gasteiger partial charge in [0.05, 0.1) is 0 Å². The van der Waals surface area contributed by atoms with Gasteiger partial charge in [0.15, 0.2) is 5.13 Å². The van der Waals surface area contributed by atoms with E-state index in [1.54, 1.807) is 0 Å². The minimum atomic E-state index is 0.541. The van der Waals surface area contributed by atoms with Gasteiger partial charge in [0, 0.05) is 36.8 Å². The quantitative estimate of drug-likeness (QED) is 0.791. The summed E-state index contributed by atoms with van der Waals surface area (Å²) in [6, 6.07) is 0.541. The number of anilines is 1. The SMILES string of the molecule is CC(C)NCc1cnc(N(CC2CC2)CC2CC2)s1. The maximum atomic E-state index is 4.66. The van der Waals surface area contributed by atoms with Crippen molar-refractivity contribution in [1.29, 1.82) is 0 Å². The lowest BCUT2D eigenvalue weighted by Gasteiger charge is -2.21.